The minimum atomic E-state index is -2.95. The summed E-state index contributed by atoms with van der Waals surface area (Å²) < 4.78 is 28.4. The Morgan fingerprint density at radius 1 is 1.18 bits per heavy atom. The van der Waals surface area contributed by atoms with Crippen molar-refractivity contribution >= 4 is 40.5 Å². The summed E-state index contributed by atoms with van der Waals surface area (Å²) in [5, 5.41) is 12.9. The Bertz CT molecular complexity index is 1680. The number of nitrogens with zero attached hydrogens (tertiary/aromatic N) is 4. The van der Waals surface area contributed by atoms with Crippen LogP contribution in [0.1, 0.15) is 43.5 Å². The van der Waals surface area contributed by atoms with Crippen LogP contribution in [0.4, 0.5) is 8.78 Å². The van der Waals surface area contributed by atoms with Gasteiger partial charge < -0.3 is 21.0 Å². The first-order valence-electron chi connectivity index (χ1n) is 12.5. The molecule has 40 heavy (non-hydrogen) atoms. The first-order valence-corrected chi connectivity index (χ1v) is 12.9. The molecular weight excluding hydrogens is 542 g/mol. The highest BCUT2D eigenvalue weighted by Crippen LogP contribution is 2.30. The second kappa shape index (κ2) is 11.3. The van der Waals surface area contributed by atoms with E-state index >= 15 is 0 Å². The highest BCUT2D eigenvalue weighted by molar-refractivity contribution is 6.31. The van der Waals surface area contributed by atoms with Crippen LogP contribution in [0, 0.1) is 11.3 Å². The minimum absolute atomic E-state index is 0.0965. The van der Waals surface area contributed by atoms with Gasteiger partial charge in [0.2, 0.25) is 5.91 Å². The van der Waals surface area contributed by atoms with E-state index < -0.39 is 24.4 Å². The molecule has 0 saturated heterocycles. The molecule has 2 bridgehead atoms. The maximum Gasteiger partial charge on any atom is 0.313 e. The Hall–Kier alpha value is -4.45. The van der Waals surface area contributed by atoms with Gasteiger partial charge in [-0.1, -0.05) is 24.9 Å². The second-order valence-electron chi connectivity index (χ2n) is 9.46. The minimum Gasteiger partial charge on any atom is -0.345 e. The van der Waals surface area contributed by atoms with Crippen molar-refractivity contribution in [2.45, 2.75) is 38.8 Å². The number of benzene rings is 1. The molecule has 2 atom stereocenters. The summed E-state index contributed by atoms with van der Waals surface area (Å²) in [4.78, 5) is 42.6. The summed E-state index contributed by atoms with van der Waals surface area (Å²) in [6.45, 7) is -1.23. The van der Waals surface area contributed by atoms with E-state index in [1.165, 1.54) is 35.6 Å². The van der Waals surface area contributed by atoms with Crippen LogP contribution in [0.15, 0.2) is 59.7 Å². The van der Waals surface area contributed by atoms with Crippen molar-refractivity contribution in [2.24, 2.45) is 5.92 Å². The third kappa shape index (κ3) is 5.48. The second-order valence-corrected chi connectivity index (χ2v) is 9.89. The van der Waals surface area contributed by atoms with Crippen LogP contribution in [0.3, 0.4) is 0 Å². The van der Waals surface area contributed by atoms with Crippen molar-refractivity contribution in [2.75, 3.05) is 0 Å². The van der Waals surface area contributed by atoms with Crippen LogP contribution in [0.5, 0.6) is 0 Å². The van der Waals surface area contributed by atoms with Crippen LogP contribution < -0.4 is 16.2 Å². The number of amides is 1. The van der Waals surface area contributed by atoms with Crippen LogP contribution in [0.25, 0.3) is 28.0 Å². The third-order valence-electron chi connectivity index (χ3n) is 6.83. The molecule has 2 unspecified atom stereocenters. The van der Waals surface area contributed by atoms with Gasteiger partial charge in [0.25, 0.3) is 5.56 Å². The number of allylic oxidation sites excluding steroid dienone is 1. The SMILES string of the molecule is CC1CCCC(n2cnc(-c3cc(Cl)cc4[nH]cnc34)cc2=O)c2cc(ccn2)/C(NC(F)F)=C(/C=N)NC1=O. The van der Waals surface area contributed by atoms with Gasteiger partial charge in [-0.15, -0.1) is 0 Å². The summed E-state index contributed by atoms with van der Waals surface area (Å²) >= 11 is 6.27. The predicted molar refractivity (Wildman–Crippen MR) is 147 cm³/mol. The molecule has 0 aliphatic carbocycles. The lowest BCUT2D eigenvalue weighted by Gasteiger charge is -2.23. The number of fused-ring (bicyclic) bond motifs is 3. The number of rotatable bonds is 5. The molecule has 1 aliphatic heterocycles. The average Bonchev–Trinajstić information content (AvgIpc) is 3.40. The fraction of sp³-hybridized carbons (Fsp3) is 0.259. The Kier molecular flexibility index (Phi) is 7.69. The van der Waals surface area contributed by atoms with Crippen LogP contribution >= 0.6 is 11.6 Å². The number of alkyl halides is 2. The lowest BCUT2D eigenvalue weighted by atomic mass is 9.96. The number of aromatic amines is 1. The molecular formula is C27H25ClF2N8O2. The first-order chi connectivity index (χ1) is 19.2. The summed E-state index contributed by atoms with van der Waals surface area (Å²) in [7, 11) is 0. The normalized spacial score (nSPS) is 20.1. The number of nitrogens with one attached hydrogen (secondary N) is 4. The molecule has 10 nitrogen and oxygen atoms in total. The van der Waals surface area contributed by atoms with Crippen molar-refractivity contribution in [3.05, 3.63) is 81.5 Å². The number of carbonyl (C=O) groups excluding carboxylic acids is 1. The van der Waals surface area contributed by atoms with Crippen molar-refractivity contribution in [3.63, 3.8) is 0 Å². The van der Waals surface area contributed by atoms with E-state index in [0.717, 1.165) is 6.21 Å². The van der Waals surface area contributed by atoms with E-state index in [-0.39, 0.29) is 22.5 Å². The largest absolute Gasteiger partial charge is 0.345 e. The van der Waals surface area contributed by atoms with E-state index in [4.69, 9.17) is 17.0 Å². The fourth-order valence-electron chi connectivity index (χ4n) is 4.82. The molecule has 1 aromatic carbocycles. The molecule has 1 aliphatic rings. The molecule has 0 radical (unpaired) electrons. The maximum absolute atomic E-state index is 13.5. The number of hydrogen-bond donors (Lipinski definition) is 4. The summed E-state index contributed by atoms with van der Waals surface area (Å²) in [5.74, 6) is -0.863. The summed E-state index contributed by atoms with van der Waals surface area (Å²) in [6.07, 6.45) is 6.68. The van der Waals surface area contributed by atoms with Gasteiger partial charge in [-0.2, -0.15) is 8.78 Å². The molecule has 0 fully saturated rings. The number of pyridine rings is 1. The number of carbonyl (C=O) groups is 1. The van der Waals surface area contributed by atoms with Gasteiger partial charge in [0.15, 0.2) is 0 Å². The third-order valence-corrected chi connectivity index (χ3v) is 7.05. The Morgan fingerprint density at radius 3 is 2.75 bits per heavy atom. The maximum atomic E-state index is 13.5. The molecule has 5 rings (SSSR count). The van der Waals surface area contributed by atoms with Crippen molar-refractivity contribution < 1.29 is 13.6 Å². The zero-order valence-electron chi connectivity index (χ0n) is 21.3. The van der Waals surface area contributed by atoms with Gasteiger partial charge in [-0.25, -0.2) is 9.97 Å². The number of imidazole rings is 1. The van der Waals surface area contributed by atoms with Gasteiger partial charge in [0.1, 0.15) is 0 Å². The molecule has 0 saturated carbocycles. The Balaban J connectivity index is 1.61. The Morgan fingerprint density at radius 2 is 2.00 bits per heavy atom. The lowest BCUT2D eigenvalue weighted by molar-refractivity contribution is -0.123. The van der Waals surface area contributed by atoms with E-state index in [1.807, 2.05) is 5.32 Å². The van der Waals surface area contributed by atoms with Gasteiger partial charge in [0.05, 0.1) is 52.5 Å². The van der Waals surface area contributed by atoms with E-state index in [1.54, 1.807) is 25.1 Å². The molecule has 206 valence electrons. The highest BCUT2D eigenvalue weighted by atomic mass is 35.5. The topological polar surface area (TPSA) is 141 Å². The standard InChI is InChI=1S/C27H25ClF2N8O2/c1-14-3-2-4-22(19-7-15(5-6-32-19)24(37-27(29)30)21(11-31)36-26(14)40)38-13-35-18(10-23(38)39)17-8-16(28)9-20-25(17)34-12-33-20/h5-14,22,27,31,37H,2-4H2,1H3,(H,33,34)(H,36,40)/b24-21+,31-11?. The molecule has 4 aromatic rings. The van der Waals surface area contributed by atoms with Crippen LogP contribution in [-0.2, 0) is 4.79 Å². The number of halogens is 3. The fourth-order valence-corrected chi connectivity index (χ4v) is 5.04. The van der Waals surface area contributed by atoms with Crippen LogP contribution in [-0.4, -0.2) is 43.2 Å². The molecule has 1 amide bonds. The van der Waals surface area contributed by atoms with E-state index in [0.29, 0.717) is 52.3 Å². The number of H-pyrrole nitrogens is 1. The zero-order chi connectivity index (χ0) is 28.4. The highest BCUT2D eigenvalue weighted by Gasteiger charge is 2.24. The monoisotopic (exact) mass is 566 g/mol. The van der Waals surface area contributed by atoms with Gasteiger partial charge in [0, 0.05) is 40.5 Å². The van der Waals surface area contributed by atoms with Crippen molar-refractivity contribution in [1.82, 2.24) is 35.1 Å². The van der Waals surface area contributed by atoms with Crippen molar-refractivity contribution in [3.8, 4) is 11.3 Å². The molecule has 4 heterocycles. The summed E-state index contributed by atoms with van der Waals surface area (Å²) in [6, 6.07) is 7.29. The number of aromatic nitrogens is 5. The molecule has 0 spiro atoms. The summed E-state index contributed by atoms with van der Waals surface area (Å²) in [5.41, 5.74) is 2.46. The van der Waals surface area contributed by atoms with E-state index in [2.05, 4.69) is 25.3 Å². The number of hydrogen-bond acceptors (Lipinski definition) is 7. The van der Waals surface area contributed by atoms with Gasteiger partial charge in [-0.3, -0.25) is 19.1 Å². The molecule has 13 heteroatoms. The zero-order valence-corrected chi connectivity index (χ0v) is 22.0. The first kappa shape index (κ1) is 27.1. The average molecular weight is 567 g/mol. The quantitative estimate of drug-likeness (QED) is 0.207. The van der Waals surface area contributed by atoms with Crippen LogP contribution in [0.2, 0.25) is 5.02 Å². The van der Waals surface area contributed by atoms with Gasteiger partial charge in [-0.05, 0) is 37.1 Å². The smallest absolute Gasteiger partial charge is 0.313 e. The van der Waals surface area contributed by atoms with E-state index in [9.17, 15) is 18.4 Å². The Labute approximate surface area is 232 Å². The predicted octanol–water partition coefficient (Wildman–Crippen LogP) is 4.49. The van der Waals surface area contributed by atoms with Crippen molar-refractivity contribution in [1.29, 1.82) is 5.41 Å². The lowest BCUT2D eigenvalue weighted by Crippen LogP contribution is -2.33. The van der Waals surface area contributed by atoms with Gasteiger partial charge >= 0.3 is 6.55 Å². The molecule has 3 aromatic heterocycles. The molecule has 4 N–H and O–H groups in total.